The Morgan fingerprint density at radius 3 is 2.94 bits per heavy atom. The molecule has 1 unspecified atom stereocenters. The van der Waals surface area contributed by atoms with Gasteiger partial charge >= 0.3 is 0 Å². The number of rotatable bonds is 1. The monoisotopic (exact) mass is 244 g/mol. The molecule has 2 aliphatic heterocycles. The van der Waals surface area contributed by atoms with Crippen LogP contribution in [-0.2, 0) is 11.2 Å². The fraction of sp³-hybridized carbons (Fsp3) is 0.533. The first kappa shape index (κ1) is 11.7. The molecule has 1 atom stereocenters. The Balaban J connectivity index is 1.91. The molecule has 1 fully saturated rings. The molecule has 1 aromatic carbocycles. The van der Waals surface area contributed by atoms with Gasteiger partial charge in [-0.25, -0.2) is 0 Å². The van der Waals surface area contributed by atoms with Crippen molar-refractivity contribution in [1.82, 2.24) is 5.32 Å². The normalized spacial score (nSPS) is 23.9. The van der Waals surface area contributed by atoms with Crippen LogP contribution in [0, 0.1) is 0 Å². The summed E-state index contributed by atoms with van der Waals surface area (Å²) in [5, 5.41) is 3.56. The molecule has 3 heteroatoms. The smallest absolute Gasteiger partial charge is 0.227 e. The van der Waals surface area contributed by atoms with Crippen LogP contribution in [-0.4, -0.2) is 19.5 Å². The second kappa shape index (κ2) is 4.73. The van der Waals surface area contributed by atoms with Crippen LogP contribution >= 0.6 is 0 Å². The van der Waals surface area contributed by atoms with Crippen molar-refractivity contribution in [2.75, 3.05) is 18.5 Å². The number of carbonyl (C=O) groups excluding carboxylic acids is 1. The molecule has 2 aliphatic rings. The fourth-order valence-electron chi connectivity index (χ4n) is 3.00. The third kappa shape index (κ3) is 2.03. The van der Waals surface area contributed by atoms with Gasteiger partial charge in [-0.2, -0.15) is 0 Å². The van der Waals surface area contributed by atoms with Crippen LogP contribution in [0.5, 0.6) is 0 Å². The minimum Gasteiger partial charge on any atom is -0.315 e. The van der Waals surface area contributed by atoms with E-state index in [2.05, 4.69) is 23.5 Å². The van der Waals surface area contributed by atoms with Crippen molar-refractivity contribution in [2.45, 2.75) is 38.1 Å². The Hall–Kier alpha value is -1.35. The molecule has 0 spiro atoms. The molecular weight excluding hydrogens is 224 g/mol. The predicted octanol–water partition coefficient (Wildman–Crippen LogP) is 2.41. The van der Waals surface area contributed by atoms with Gasteiger partial charge in [0.1, 0.15) is 0 Å². The van der Waals surface area contributed by atoms with Crippen molar-refractivity contribution in [1.29, 1.82) is 0 Å². The summed E-state index contributed by atoms with van der Waals surface area (Å²) < 4.78 is 0. The summed E-state index contributed by atoms with van der Waals surface area (Å²) in [5.74, 6) is 0.233. The molecule has 3 rings (SSSR count). The van der Waals surface area contributed by atoms with Gasteiger partial charge in [-0.1, -0.05) is 18.6 Å². The maximum Gasteiger partial charge on any atom is 0.227 e. The van der Waals surface area contributed by atoms with Crippen molar-refractivity contribution in [3.63, 3.8) is 0 Å². The maximum atomic E-state index is 11.8. The molecule has 1 saturated heterocycles. The Morgan fingerprint density at radius 2 is 2.17 bits per heavy atom. The number of hydrogen-bond donors (Lipinski definition) is 1. The highest BCUT2D eigenvalue weighted by Gasteiger charge is 2.23. The first-order chi connectivity index (χ1) is 8.75. The number of hydrogen-bond acceptors (Lipinski definition) is 2. The molecule has 0 saturated carbocycles. The Bertz CT molecular complexity index is 464. The van der Waals surface area contributed by atoms with Gasteiger partial charge in [0.05, 0.1) is 0 Å². The molecule has 0 bridgehead atoms. The SMILES string of the molecule is CN1C(=O)CCc2ccc(C3CCCCN3)cc21. The van der Waals surface area contributed by atoms with Crippen LogP contribution in [0.15, 0.2) is 18.2 Å². The van der Waals surface area contributed by atoms with E-state index >= 15 is 0 Å². The van der Waals surface area contributed by atoms with Crippen LogP contribution in [0.25, 0.3) is 0 Å². The highest BCUT2D eigenvalue weighted by atomic mass is 16.2. The van der Waals surface area contributed by atoms with Crippen LogP contribution in [0.2, 0.25) is 0 Å². The van der Waals surface area contributed by atoms with Crippen LogP contribution in [0.4, 0.5) is 5.69 Å². The quantitative estimate of drug-likeness (QED) is 0.822. The topological polar surface area (TPSA) is 32.3 Å². The molecule has 1 aromatic rings. The highest BCUT2D eigenvalue weighted by Crippen LogP contribution is 2.31. The Morgan fingerprint density at radius 1 is 1.28 bits per heavy atom. The van der Waals surface area contributed by atoms with E-state index in [4.69, 9.17) is 0 Å². The summed E-state index contributed by atoms with van der Waals surface area (Å²) in [6.07, 6.45) is 5.31. The third-order valence-electron chi connectivity index (χ3n) is 4.17. The summed E-state index contributed by atoms with van der Waals surface area (Å²) in [5.41, 5.74) is 3.74. The molecular formula is C15H20N2O. The summed E-state index contributed by atoms with van der Waals surface area (Å²) in [6, 6.07) is 7.10. The van der Waals surface area contributed by atoms with E-state index in [9.17, 15) is 4.79 Å². The lowest BCUT2D eigenvalue weighted by Crippen LogP contribution is -2.32. The minimum absolute atomic E-state index is 0.233. The number of anilines is 1. The molecule has 1 amide bonds. The molecule has 0 aromatic heterocycles. The highest BCUT2D eigenvalue weighted by molar-refractivity contribution is 5.95. The second-order valence-corrected chi connectivity index (χ2v) is 5.34. The zero-order valence-corrected chi connectivity index (χ0v) is 10.9. The number of nitrogens with zero attached hydrogens (tertiary/aromatic N) is 1. The van der Waals surface area contributed by atoms with Crippen LogP contribution < -0.4 is 10.2 Å². The van der Waals surface area contributed by atoms with Gasteiger partial charge in [0.15, 0.2) is 0 Å². The molecule has 2 heterocycles. The lowest BCUT2D eigenvalue weighted by Gasteiger charge is -2.29. The van der Waals surface area contributed by atoms with E-state index in [-0.39, 0.29) is 5.91 Å². The standard InChI is InChI=1S/C15H20N2O/c1-17-14-10-12(13-4-2-3-9-16-13)6-5-11(14)7-8-15(17)18/h5-6,10,13,16H,2-4,7-9H2,1H3. The molecule has 0 radical (unpaired) electrons. The van der Waals surface area contributed by atoms with Gasteiger partial charge < -0.3 is 10.2 Å². The zero-order valence-electron chi connectivity index (χ0n) is 10.9. The number of carbonyl (C=O) groups is 1. The van der Waals surface area contributed by atoms with E-state index < -0.39 is 0 Å². The average Bonchev–Trinajstić information content (AvgIpc) is 2.44. The lowest BCUT2D eigenvalue weighted by atomic mass is 9.93. The number of fused-ring (bicyclic) bond motifs is 1. The van der Waals surface area contributed by atoms with Gasteiger partial charge in [0.25, 0.3) is 0 Å². The average molecular weight is 244 g/mol. The number of nitrogens with one attached hydrogen (secondary N) is 1. The predicted molar refractivity (Wildman–Crippen MR) is 72.8 cm³/mol. The van der Waals surface area contributed by atoms with E-state index in [1.807, 2.05) is 11.9 Å². The molecule has 1 N–H and O–H groups in total. The zero-order chi connectivity index (χ0) is 12.5. The van der Waals surface area contributed by atoms with Crippen molar-refractivity contribution in [3.8, 4) is 0 Å². The van der Waals surface area contributed by atoms with Crippen molar-refractivity contribution >= 4 is 11.6 Å². The van der Waals surface area contributed by atoms with Crippen molar-refractivity contribution in [3.05, 3.63) is 29.3 Å². The van der Waals surface area contributed by atoms with E-state index in [0.29, 0.717) is 12.5 Å². The van der Waals surface area contributed by atoms with Gasteiger partial charge in [-0.15, -0.1) is 0 Å². The van der Waals surface area contributed by atoms with Gasteiger partial charge in [0, 0.05) is 25.2 Å². The molecule has 18 heavy (non-hydrogen) atoms. The van der Waals surface area contributed by atoms with Crippen molar-refractivity contribution < 1.29 is 4.79 Å². The van der Waals surface area contributed by atoms with Crippen LogP contribution in [0.3, 0.4) is 0 Å². The van der Waals surface area contributed by atoms with E-state index in [0.717, 1.165) is 18.7 Å². The van der Waals surface area contributed by atoms with Crippen LogP contribution in [0.1, 0.15) is 42.9 Å². The van der Waals surface area contributed by atoms with Gasteiger partial charge in [-0.05, 0) is 43.0 Å². The lowest BCUT2D eigenvalue weighted by molar-refractivity contribution is -0.118. The Kier molecular flexibility index (Phi) is 3.08. The van der Waals surface area contributed by atoms with E-state index in [1.165, 1.54) is 30.4 Å². The third-order valence-corrected chi connectivity index (χ3v) is 4.17. The molecule has 3 nitrogen and oxygen atoms in total. The first-order valence-corrected chi connectivity index (χ1v) is 6.88. The van der Waals surface area contributed by atoms with Gasteiger partial charge in [-0.3, -0.25) is 4.79 Å². The Labute approximate surface area is 108 Å². The number of amides is 1. The number of piperidine rings is 1. The molecule has 0 aliphatic carbocycles. The first-order valence-electron chi connectivity index (χ1n) is 6.88. The summed E-state index contributed by atoms with van der Waals surface area (Å²) in [6.45, 7) is 1.11. The maximum absolute atomic E-state index is 11.8. The van der Waals surface area contributed by atoms with Gasteiger partial charge in [0.2, 0.25) is 5.91 Å². The largest absolute Gasteiger partial charge is 0.315 e. The van der Waals surface area contributed by atoms with E-state index in [1.54, 1.807) is 0 Å². The summed E-state index contributed by atoms with van der Waals surface area (Å²) in [4.78, 5) is 13.6. The number of aryl methyl sites for hydroxylation is 1. The molecule has 96 valence electrons. The second-order valence-electron chi connectivity index (χ2n) is 5.34. The van der Waals surface area contributed by atoms with Crippen molar-refractivity contribution in [2.24, 2.45) is 0 Å². The summed E-state index contributed by atoms with van der Waals surface area (Å²) in [7, 11) is 1.89. The number of benzene rings is 1. The fourth-order valence-corrected chi connectivity index (χ4v) is 3.00. The minimum atomic E-state index is 0.233. The summed E-state index contributed by atoms with van der Waals surface area (Å²) >= 11 is 0.